The maximum Gasteiger partial charge on any atom is 0.136 e. The van der Waals surface area contributed by atoms with E-state index in [0.717, 1.165) is 72.4 Å². The molecule has 86 heavy (non-hydrogen) atoms. The fourth-order valence-electron chi connectivity index (χ4n) is 14.2. The highest BCUT2D eigenvalue weighted by atomic mass is 16.5. The van der Waals surface area contributed by atoms with E-state index in [1.807, 2.05) is 60.9 Å². The van der Waals surface area contributed by atoms with E-state index in [1.54, 1.807) is 0 Å². The van der Waals surface area contributed by atoms with Crippen molar-refractivity contribution in [2.75, 3.05) is 0 Å². The average molecular weight is 1090 g/mol. The molecule has 5 nitrogen and oxygen atoms in total. The first-order valence-corrected chi connectivity index (χ1v) is 28.9. The van der Waals surface area contributed by atoms with Crippen LogP contribution in [-0.4, -0.2) is 4.98 Å². The number of rotatable bonds is 4. The molecule has 2 aliphatic heterocycles. The molecule has 19 rings (SSSR count). The summed E-state index contributed by atoms with van der Waals surface area (Å²) in [6, 6.07) is 93.1. The molecule has 0 saturated heterocycles. The van der Waals surface area contributed by atoms with Crippen LogP contribution in [0.3, 0.4) is 0 Å². The first kappa shape index (κ1) is 47.7. The van der Waals surface area contributed by atoms with Gasteiger partial charge in [0.25, 0.3) is 0 Å². The molecule has 0 N–H and O–H groups in total. The second-order valence-electron chi connectivity index (χ2n) is 22.7. The minimum Gasteiger partial charge on any atom is -0.456 e. The smallest absolute Gasteiger partial charge is 0.136 e. The SMILES string of the molecule is N#Cc1ccc2c(c1)Oc1ccc(-c3cc4ccc5cc(-c6cccnc6)cc6ccc(c3)c4c56)c3cccc-2c13.N#Cc1ccc2c(c1)Oc1cccc3c(-c4cc5ccc6cc(-c7cccc8ccccc78)cc7ccc(c4)c5c67)ccc-2c13. The number of ether oxygens (including phenoxy) is 2. The Morgan fingerprint density at radius 1 is 0.256 bits per heavy atom. The summed E-state index contributed by atoms with van der Waals surface area (Å²) in [5, 5.41) is 41.0. The molecule has 0 saturated carbocycles. The van der Waals surface area contributed by atoms with Crippen LogP contribution in [0.4, 0.5) is 0 Å². The van der Waals surface area contributed by atoms with E-state index in [1.165, 1.54) is 114 Å². The molecule has 0 unspecified atom stereocenters. The molecule has 0 bridgehead atoms. The number of pyridine rings is 1. The van der Waals surface area contributed by atoms with Crippen molar-refractivity contribution in [2.45, 2.75) is 0 Å². The molecule has 0 amide bonds. The van der Waals surface area contributed by atoms with Crippen LogP contribution in [0.1, 0.15) is 11.1 Å². The summed E-state index contributed by atoms with van der Waals surface area (Å²) < 4.78 is 12.7. The van der Waals surface area contributed by atoms with Gasteiger partial charge in [0.2, 0.25) is 0 Å². The summed E-state index contributed by atoms with van der Waals surface area (Å²) in [6.07, 6.45) is 3.74. The van der Waals surface area contributed by atoms with Gasteiger partial charge < -0.3 is 9.47 Å². The normalized spacial score (nSPS) is 12.1. The van der Waals surface area contributed by atoms with Crippen LogP contribution in [0.2, 0.25) is 0 Å². The lowest BCUT2D eigenvalue weighted by Gasteiger charge is -2.23. The zero-order valence-electron chi connectivity index (χ0n) is 46.0. The van der Waals surface area contributed by atoms with E-state index < -0.39 is 0 Å². The van der Waals surface area contributed by atoms with E-state index in [9.17, 15) is 10.5 Å². The number of benzene rings is 16. The first-order chi connectivity index (χ1) is 42.5. The minimum atomic E-state index is 0.596. The Labute approximate surface area is 493 Å². The molecule has 0 aliphatic carbocycles. The quantitative estimate of drug-likeness (QED) is 0.164. The summed E-state index contributed by atoms with van der Waals surface area (Å²) in [7, 11) is 0. The molecule has 0 atom stereocenters. The van der Waals surface area contributed by atoms with Gasteiger partial charge in [-0.05, 0) is 239 Å². The molecule has 17 aromatic rings. The van der Waals surface area contributed by atoms with Crippen molar-refractivity contribution >= 4 is 97.0 Å². The highest BCUT2D eigenvalue weighted by Crippen LogP contribution is 2.52. The van der Waals surface area contributed by atoms with E-state index >= 15 is 0 Å². The van der Waals surface area contributed by atoms with Crippen LogP contribution in [0, 0.1) is 22.7 Å². The second-order valence-corrected chi connectivity index (χ2v) is 22.7. The lowest BCUT2D eigenvalue weighted by molar-refractivity contribution is 0.486. The molecule has 0 spiro atoms. The van der Waals surface area contributed by atoms with Gasteiger partial charge in [-0.1, -0.05) is 146 Å². The van der Waals surface area contributed by atoms with Crippen molar-refractivity contribution in [1.82, 2.24) is 4.98 Å². The van der Waals surface area contributed by atoms with Crippen LogP contribution in [0.15, 0.2) is 261 Å². The number of hydrogen-bond acceptors (Lipinski definition) is 5. The Morgan fingerprint density at radius 3 is 1.16 bits per heavy atom. The highest BCUT2D eigenvalue weighted by Gasteiger charge is 2.25. The van der Waals surface area contributed by atoms with Crippen molar-refractivity contribution in [3.63, 3.8) is 0 Å². The van der Waals surface area contributed by atoms with Gasteiger partial charge in [0.05, 0.1) is 23.3 Å². The molecule has 5 heteroatoms. The maximum absolute atomic E-state index is 9.41. The van der Waals surface area contributed by atoms with Gasteiger partial charge in [0.1, 0.15) is 23.0 Å². The largest absolute Gasteiger partial charge is 0.456 e. The van der Waals surface area contributed by atoms with Crippen molar-refractivity contribution in [2.24, 2.45) is 0 Å². The summed E-state index contributed by atoms with van der Waals surface area (Å²) in [4.78, 5) is 4.32. The number of aromatic nitrogens is 1. The first-order valence-electron chi connectivity index (χ1n) is 28.9. The van der Waals surface area contributed by atoms with Crippen molar-refractivity contribution < 1.29 is 9.47 Å². The molecule has 0 radical (unpaired) electrons. The van der Waals surface area contributed by atoms with Crippen LogP contribution < -0.4 is 9.47 Å². The molecule has 394 valence electrons. The monoisotopic (exact) mass is 1090 g/mol. The molecular weight excluding hydrogens is 1050 g/mol. The van der Waals surface area contributed by atoms with Gasteiger partial charge >= 0.3 is 0 Å². The highest BCUT2D eigenvalue weighted by molar-refractivity contribution is 6.27. The zero-order valence-corrected chi connectivity index (χ0v) is 46.0. The van der Waals surface area contributed by atoms with E-state index in [-0.39, 0.29) is 0 Å². The van der Waals surface area contributed by atoms with Crippen molar-refractivity contribution in [1.29, 1.82) is 10.5 Å². The maximum atomic E-state index is 9.41. The van der Waals surface area contributed by atoms with Gasteiger partial charge in [-0.3, -0.25) is 4.98 Å². The molecule has 0 fully saturated rings. The minimum absolute atomic E-state index is 0.596. The van der Waals surface area contributed by atoms with Crippen LogP contribution >= 0.6 is 0 Å². The molecule has 16 aromatic carbocycles. The fourth-order valence-corrected chi connectivity index (χ4v) is 14.2. The number of hydrogen-bond donors (Lipinski definition) is 0. The van der Waals surface area contributed by atoms with Crippen molar-refractivity contribution in [3.8, 4) is 102 Å². The van der Waals surface area contributed by atoms with E-state index in [4.69, 9.17) is 9.47 Å². The van der Waals surface area contributed by atoms with Crippen LogP contribution in [0.5, 0.6) is 23.0 Å². The topological polar surface area (TPSA) is 78.9 Å². The van der Waals surface area contributed by atoms with E-state index in [2.05, 4.69) is 217 Å². The Hall–Kier alpha value is -11.9. The standard InChI is InChI=1S/C43H23NO.C38H20N2O/c44-24-25-11-16-36-38-18-17-35(37-9-4-10-39(43(37)38)45-40(36)19-25)32-22-29-14-12-27-20-31(21-28-13-15-30(23-32)42(29)41(27)28)34-8-3-6-26-5-1-2-7-33(26)34;39-20-22-6-11-31-33-5-1-4-32-30(12-13-34(38(32)33)41-35(31)15-22)29-18-25-9-7-23-16-28(27-3-2-14-40-21-27)17-24-8-10-26(19-29)37(25)36(23)24/h1-23H;1-19,21H. The summed E-state index contributed by atoms with van der Waals surface area (Å²) >= 11 is 0. The zero-order chi connectivity index (χ0) is 56.7. The van der Waals surface area contributed by atoms with Gasteiger partial charge in [-0.15, -0.1) is 0 Å². The average Bonchev–Trinajstić information content (AvgIpc) is 1.12. The lowest BCUT2D eigenvalue weighted by atomic mass is 9.86. The number of nitrogens with zero attached hydrogens (tertiary/aromatic N) is 3. The number of nitriles is 2. The third-order valence-corrected chi connectivity index (χ3v) is 18.0. The van der Waals surface area contributed by atoms with Crippen molar-refractivity contribution in [3.05, 3.63) is 272 Å². The lowest BCUT2D eigenvalue weighted by Crippen LogP contribution is -1.98. The second kappa shape index (κ2) is 18.3. The van der Waals surface area contributed by atoms with Crippen LogP contribution in [-0.2, 0) is 0 Å². The summed E-state index contributed by atoms with van der Waals surface area (Å²) in [6.45, 7) is 0. The molecule has 3 heterocycles. The Balaban J connectivity index is 0.000000130. The third-order valence-electron chi connectivity index (χ3n) is 18.0. The summed E-state index contributed by atoms with van der Waals surface area (Å²) in [5.41, 5.74) is 15.0. The Kier molecular flexibility index (Phi) is 10.2. The third kappa shape index (κ3) is 7.20. The van der Waals surface area contributed by atoms with Gasteiger partial charge in [0, 0.05) is 39.9 Å². The predicted molar refractivity (Wildman–Crippen MR) is 353 cm³/mol. The molecule has 2 aliphatic rings. The van der Waals surface area contributed by atoms with E-state index in [0.29, 0.717) is 11.1 Å². The van der Waals surface area contributed by atoms with Gasteiger partial charge in [0.15, 0.2) is 0 Å². The van der Waals surface area contributed by atoms with Gasteiger partial charge in [-0.2, -0.15) is 10.5 Å². The predicted octanol–water partition coefficient (Wildman–Crippen LogP) is 22.0. The van der Waals surface area contributed by atoms with Gasteiger partial charge in [-0.25, -0.2) is 0 Å². The summed E-state index contributed by atoms with van der Waals surface area (Å²) in [5.74, 6) is 3.11. The molecule has 1 aromatic heterocycles. The van der Waals surface area contributed by atoms with Crippen LogP contribution in [0.25, 0.3) is 164 Å². The molecular formula is C81H43N3O2. The number of fused-ring (bicyclic) bond motifs is 5. The Bertz CT molecular complexity index is 5730. The Morgan fingerprint density at radius 2 is 0.651 bits per heavy atom. The fraction of sp³-hybridized carbons (Fsp3) is 0.